The quantitative estimate of drug-likeness (QED) is 0.509. The molecule has 0 saturated heterocycles. The van der Waals surface area contributed by atoms with E-state index in [9.17, 15) is 36.8 Å². The zero-order valence-corrected chi connectivity index (χ0v) is 9.95. The van der Waals surface area contributed by atoms with Crippen molar-refractivity contribution in [2.75, 3.05) is 0 Å². The Morgan fingerprint density at radius 3 is 2.37 bits per heavy atom. The SMILES string of the molecule is O=[N+]([O-])c1cc(OC(F)(F)F)nc(S(=O)(=O)Cl)c1O. The van der Waals surface area contributed by atoms with E-state index in [1.807, 2.05) is 0 Å². The molecular formula is C6H2ClF3N2O6S. The van der Waals surface area contributed by atoms with Gasteiger partial charge >= 0.3 is 12.0 Å². The molecule has 0 unspecified atom stereocenters. The number of ether oxygens (including phenoxy) is 1. The zero-order valence-electron chi connectivity index (χ0n) is 8.38. The molecule has 0 amide bonds. The second-order valence-electron chi connectivity index (χ2n) is 2.88. The predicted molar refractivity (Wildman–Crippen MR) is 52.3 cm³/mol. The minimum atomic E-state index is -5.26. The summed E-state index contributed by atoms with van der Waals surface area (Å²) >= 11 is 0. The number of halogens is 4. The average molecular weight is 323 g/mol. The van der Waals surface area contributed by atoms with Gasteiger partial charge in [-0.15, -0.1) is 13.2 Å². The van der Waals surface area contributed by atoms with Crippen LogP contribution < -0.4 is 4.74 Å². The maximum atomic E-state index is 11.9. The third-order valence-corrected chi connectivity index (χ3v) is 2.75. The van der Waals surface area contributed by atoms with Crippen LogP contribution in [0.2, 0.25) is 0 Å². The molecule has 1 aromatic heterocycles. The molecule has 0 radical (unpaired) electrons. The van der Waals surface area contributed by atoms with Crippen molar-refractivity contribution in [3.8, 4) is 11.6 Å². The fraction of sp³-hybridized carbons (Fsp3) is 0.167. The van der Waals surface area contributed by atoms with Crippen molar-refractivity contribution in [1.29, 1.82) is 0 Å². The third-order valence-electron chi connectivity index (χ3n) is 1.57. The fourth-order valence-corrected chi connectivity index (χ4v) is 1.82. The number of nitrogens with zero attached hydrogens (tertiary/aromatic N) is 2. The van der Waals surface area contributed by atoms with Crippen molar-refractivity contribution in [2.24, 2.45) is 0 Å². The summed E-state index contributed by atoms with van der Waals surface area (Å²) in [6, 6.07) is 0.106. The average Bonchev–Trinajstić information content (AvgIpc) is 2.16. The molecule has 0 spiro atoms. The number of aromatic nitrogens is 1. The molecular weight excluding hydrogens is 321 g/mol. The van der Waals surface area contributed by atoms with Gasteiger partial charge in [0, 0.05) is 10.7 Å². The Labute approximate surface area is 107 Å². The molecule has 1 heterocycles. The van der Waals surface area contributed by atoms with Crippen LogP contribution in [0.25, 0.3) is 0 Å². The Morgan fingerprint density at radius 1 is 1.47 bits per heavy atom. The van der Waals surface area contributed by atoms with Gasteiger partial charge < -0.3 is 9.84 Å². The third kappa shape index (κ3) is 3.82. The normalized spacial score (nSPS) is 12.2. The highest BCUT2D eigenvalue weighted by Gasteiger charge is 2.35. The van der Waals surface area contributed by atoms with Crippen LogP contribution in [0.5, 0.6) is 11.6 Å². The van der Waals surface area contributed by atoms with E-state index in [0.29, 0.717) is 0 Å². The van der Waals surface area contributed by atoms with E-state index in [1.165, 1.54) is 0 Å². The van der Waals surface area contributed by atoms with E-state index in [0.717, 1.165) is 0 Å². The van der Waals surface area contributed by atoms with E-state index < -0.39 is 42.7 Å². The minimum absolute atomic E-state index is 0.106. The Hall–Kier alpha value is -1.82. The van der Waals surface area contributed by atoms with Crippen LogP contribution in [0.1, 0.15) is 0 Å². The fourth-order valence-electron chi connectivity index (χ4n) is 0.960. The lowest BCUT2D eigenvalue weighted by Crippen LogP contribution is -2.18. The van der Waals surface area contributed by atoms with Crippen LogP contribution in [-0.2, 0) is 9.05 Å². The van der Waals surface area contributed by atoms with Crippen molar-refractivity contribution in [3.63, 3.8) is 0 Å². The lowest BCUT2D eigenvalue weighted by atomic mass is 10.4. The van der Waals surface area contributed by atoms with E-state index in [2.05, 4.69) is 9.72 Å². The highest BCUT2D eigenvalue weighted by Crippen LogP contribution is 2.37. The van der Waals surface area contributed by atoms with Crippen LogP contribution in [0.15, 0.2) is 11.1 Å². The van der Waals surface area contributed by atoms with Gasteiger partial charge in [0.25, 0.3) is 9.05 Å². The van der Waals surface area contributed by atoms with E-state index in [4.69, 9.17) is 10.7 Å². The molecule has 0 bridgehead atoms. The van der Waals surface area contributed by atoms with Crippen molar-refractivity contribution in [2.45, 2.75) is 11.4 Å². The summed E-state index contributed by atoms with van der Waals surface area (Å²) < 4.78 is 60.9. The molecule has 0 saturated carbocycles. The molecule has 1 rings (SSSR count). The standard InChI is InChI=1S/C6H2ClF3N2O6S/c7-19(16,17)5-4(13)2(12(14)15)1-3(11-5)18-6(8,9)10/h1,13H. The van der Waals surface area contributed by atoms with Gasteiger partial charge in [-0.25, -0.2) is 8.42 Å². The smallest absolute Gasteiger partial charge is 0.500 e. The van der Waals surface area contributed by atoms with E-state index in [-0.39, 0.29) is 6.07 Å². The molecule has 8 nitrogen and oxygen atoms in total. The largest absolute Gasteiger partial charge is 0.574 e. The Morgan fingerprint density at radius 2 is 2.00 bits per heavy atom. The monoisotopic (exact) mass is 322 g/mol. The summed E-state index contributed by atoms with van der Waals surface area (Å²) in [5.41, 5.74) is -1.35. The Kier molecular flexibility index (Phi) is 3.77. The molecule has 13 heteroatoms. The van der Waals surface area contributed by atoms with Crippen LogP contribution in [0.4, 0.5) is 18.9 Å². The highest BCUT2D eigenvalue weighted by atomic mass is 35.7. The summed E-state index contributed by atoms with van der Waals surface area (Å²) in [7, 11) is -0.0343. The van der Waals surface area contributed by atoms with Gasteiger partial charge in [0.15, 0.2) is 0 Å². The maximum Gasteiger partial charge on any atom is 0.574 e. The Bertz CT molecular complexity index is 631. The van der Waals surface area contributed by atoms with Crippen molar-refractivity contribution < 1.29 is 36.4 Å². The van der Waals surface area contributed by atoms with Crippen molar-refractivity contribution in [1.82, 2.24) is 4.98 Å². The number of pyridine rings is 1. The zero-order chi connectivity index (χ0) is 15.0. The predicted octanol–water partition coefficient (Wildman–Crippen LogP) is 1.52. The number of hydrogen-bond acceptors (Lipinski definition) is 7. The molecule has 106 valence electrons. The van der Waals surface area contributed by atoms with Gasteiger partial charge in [-0.05, 0) is 0 Å². The number of rotatable bonds is 3. The van der Waals surface area contributed by atoms with Crippen LogP contribution in [-0.4, -0.2) is 29.8 Å². The maximum absolute atomic E-state index is 11.9. The lowest BCUT2D eigenvalue weighted by molar-refractivity contribution is -0.386. The van der Waals surface area contributed by atoms with Gasteiger partial charge in [0.1, 0.15) is 0 Å². The van der Waals surface area contributed by atoms with Gasteiger partial charge in [-0.1, -0.05) is 0 Å². The molecule has 0 aliphatic heterocycles. The van der Waals surface area contributed by atoms with Crippen LogP contribution >= 0.6 is 10.7 Å². The molecule has 0 aliphatic carbocycles. The van der Waals surface area contributed by atoms with Gasteiger partial charge in [0.05, 0.1) is 11.0 Å². The summed E-state index contributed by atoms with van der Waals surface area (Å²) in [6.45, 7) is 0. The minimum Gasteiger partial charge on any atom is -0.500 e. The number of aromatic hydroxyl groups is 1. The highest BCUT2D eigenvalue weighted by molar-refractivity contribution is 8.13. The second kappa shape index (κ2) is 4.70. The van der Waals surface area contributed by atoms with Crippen molar-refractivity contribution in [3.05, 3.63) is 16.2 Å². The van der Waals surface area contributed by atoms with Crippen molar-refractivity contribution >= 4 is 25.4 Å². The molecule has 0 atom stereocenters. The molecule has 1 N–H and O–H groups in total. The van der Waals surface area contributed by atoms with Gasteiger partial charge in [-0.3, -0.25) is 10.1 Å². The van der Waals surface area contributed by atoms with Crippen LogP contribution in [0.3, 0.4) is 0 Å². The van der Waals surface area contributed by atoms with Gasteiger partial charge in [0.2, 0.25) is 16.7 Å². The molecule has 1 aromatic rings. The Balaban J connectivity index is 3.54. The summed E-state index contributed by atoms with van der Waals surface area (Å²) in [5, 5.41) is 18.2. The first-order valence-corrected chi connectivity index (χ1v) is 6.31. The topological polar surface area (TPSA) is 120 Å². The summed E-state index contributed by atoms with van der Waals surface area (Å²) in [6.07, 6.45) is -5.26. The van der Waals surface area contributed by atoms with Crippen LogP contribution in [0, 0.1) is 10.1 Å². The molecule has 0 aliphatic rings. The number of hydrogen-bond donors (Lipinski definition) is 1. The first-order valence-electron chi connectivity index (χ1n) is 4.00. The number of alkyl halides is 3. The van der Waals surface area contributed by atoms with Gasteiger partial charge in [-0.2, -0.15) is 4.98 Å². The first-order chi connectivity index (χ1) is 8.42. The van der Waals surface area contributed by atoms with E-state index >= 15 is 0 Å². The summed E-state index contributed by atoms with van der Waals surface area (Å²) in [4.78, 5) is 11.9. The second-order valence-corrected chi connectivity index (χ2v) is 5.36. The molecule has 0 fully saturated rings. The number of nitro groups is 1. The molecule has 19 heavy (non-hydrogen) atoms. The lowest BCUT2D eigenvalue weighted by Gasteiger charge is -2.09. The van der Waals surface area contributed by atoms with E-state index in [1.54, 1.807) is 0 Å². The molecule has 0 aromatic carbocycles. The first kappa shape index (κ1) is 15.2. The summed E-state index contributed by atoms with van der Waals surface area (Å²) in [5.74, 6) is -2.94.